The summed E-state index contributed by atoms with van der Waals surface area (Å²) in [5.41, 5.74) is 5.24. The van der Waals surface area contributed by atoms with Gasteiger partial charge in [0.25, 0.3) is 0 Å². The number of hydrogen-bond acceptors (Lipinski definition) is 2. The van der Waals surface area contributed by atoms with E-state index in [4.69, 9.17) is 5.73 Å². The summed E-state index contributed by atoms with van der Waals surface area (Å²) in [6.07, 6.45) is 0. The molecule has 0 saturated heterocycles. The normalized spacial score (nSPS) is 13.6. The Kier molecular flexibility index (Phi) is 4.31. The fraction of sp³-hybridized carbons (Fsp3) is 0.667. The van der Waals surface area contributed by atoms with Gasteiger partial charge in [-0.05, 0) is 0 Å². The predicted octanol–water partition coefficient (Wildman–Crippen LogP) is -0.406. The molecule has 1 atom stereocenters. The molecule has 0 spiro atoms. The molecular formula is C3H6INOSe. The Morgan fingerprint density at radius 2 is 2.43 bits per heavy atom. The number of nitrogens with two attached hydrogens (primary N) is 1. The Bertz CT molecular complexity index is 77.3. The second kappa shape index (κ2) is 3.83. The molecule has 2 N–H and O–H groups in total. The van der Waals surface area contributed by atoms with Crippen molar-refractivity contribution in [1.29, 1.82) is 0 Å². The second-order valence-electron chi connectivity index (χ2n) is 1.09. The first kappa shape index (κ1) is 7.88. The average Bonchev–Trinajstić information content (AvgIpc) is 1.65. The van der Waals surface area contributed by atoms with E-state index in [1.807, 2.05) is 0 Å². The van der Waals surface area contributed by atoms with Crippen LogP contribution < -0.4 is 5.73 Å². The zero-order valence-electron chi connectivity index (χ0n) is 3.60. The van der Waals surface area contributed by atoms with Gasteiger partial charge in [0.2, 0.25) is 0 Å². The third kappa shape index (κ3) is 3.46. The van der Waals surface area contributed by atoms with E-state index >= 15 is 0 Å². The first-order valence-electron chi connectivity index (χ1n) is 1.74. The van der Waals surface area contributed by atoms with Gasteiger partial charge in [-0.15, -0.1) is 0 Å². The number of carbonyl (C=O) groups is 1. The summed E-state index contributed by atoms with van der Waals surface area (Å²) in [4.78, 5) is 10.2. The Morgan fingerprint density at radius 3 is 2.43 bits per heavy atom. The van der Waals surface area contributed by atoms with Gasteiger partial charge in [0.15, 0.2) is 0 Å². The van der Waals surface area contributed by atoms with Crippen molar-refractivity contribution in [2.24, 2.45) is 5.73 Å². The molecule has 42 valence electrons. The molecular weight excluding hydrogens is 272 g/mol. The van der Waals surface area contributed by atoms with E-state index in [9.17, 15) is 4.79 Å². The first-order valence-corrected chi connectivity index (χ1v) is 4.15. The molecule has 0 aromatic heterocycles. The summed E-state index contributed by atoms with van der Waals surface area (Å²) in [5.74, 6) is 0. The summed E-state index contributed by atoms with van der Waals surface area (Å²) in [6, 6.07) is -0.277. The third-order valence-corrected chi connectivity index (χ3v) is 2.11. The fourth-order valence-electron chi connectivity index (χ4n) is 0.0718. The van der Waals surface area contributed by atoms with E-state index in [0.29, 0.717) is 5.32 Å². The quantitative estimate of drug-likeness (QED) is 0.424. The van der Waals surface area contributed by atoms with E-state index in [2.05, 4.69) is 16.0 Å². The molecule has 0 radical (unpaired) electrons. The van der Waals surface area contributed by atoms with Crippen LogP contribution in [0.4, 0.5) is 0 Å². The van der Waals surface area contributed by atoms with E-state index in [0.717, 1.165) is 0 Å². The Morgan fingerprint density at radius 1 is 2.00 bits per heavy atom. The van der Waals surface area contributed by atoms with Crippen molar-refractivity contribution < 1.29 is 4.79 Å². The fourth-order valence-corrected chi connectivity index (χ4v) is 1.40. The Labute approximate surface area is 64.2 Å². The molecule has 0 aromatic carbocycles. The van der Waals surface area contributed by atoms with Crippen LogP contribution in [-0.4, -0.2) is 25.8 Å². The zero-order valence-corrected chi connectivity index (χ0v) is 7.63. The Hall–Kier alpha value is 0.879. The van der Waals surface area contributed by atoms with Crippen molar-refractivity contribution in [2.75, 3.05) is 0 Å². The van der Waals surface area contributed by atoms with Crippen LogP contribution in [0.1, 0.15) is 0 Å². The number of carbonyl (C=O) groups excluding carboxylic acids is 1. The van der Waals surface area contributed by atoms with Gasteiger partial charge in [-0.3, -0.25) is 0 Å². The van der Waals surface area contributed by atoms with E-state index < -0.39 is 0 Å². The third-order valence-electron chi connectivity index (χ3n) is 0.488. The molecule has 0 heterocycles. The van der Waals surface area contributed by atoms with E-state index in [-0.39, 0.29) is 9.83 Å². The molecule has 2 nitrogen and oxygen atoms in total. The van der Waals surface area contributed by atoms with Crippen LogP contribution in [0.25, 0.3) is 0 Å². The Balaban J connectivity index is 3.34. The van der Waals surface area contributed by atoms with Gasteiger partial charge in [-0.2, -0.15) is 0 Å². The molecule has 0 aliphatic heterocycles. The predicted molar refractivity (Wildman–Crippen MR) is 39.0 cm³/mol. The second-order valence-corrected chi connectivity index (χ2v) is 2.92. The summed E-state index contributed by atoms with van der Waals surface area (Å²) in [7, 11) is 0. The molecule has 4 heteroatoms. The van der Waals surface area contributed by atoms with Gasteiger partial charge < -0.3 is 0 Å². The summed E-state index contributed by atoms with van der Waals surface area (Å²) < 4.78 is 0.0261. The van der Waals surface area contributed by atoms with Crippen LogP contribution >= 0.6 is 22.6 Å². The standard InChI is InChI=1S/C3H6INOSe/c4-3(6)2(5)1-7/h2,7H,1,5H2/t2-/m0/s1. The molecule has 0 bridgehead atoms. The molecule has 0 aliphatic carbocycles. The number of halogens is 1. The molecule has 0 rings (SSSR count). The molecule has 0 saturated carbocycles. The van der Waals surface area contributed by atoms with Crippen molar-refractivity contribution in [3.63, 3.8) is 0 Å². The summed E-state index contributed by atoms with van der Waals surface area (Å²) >= 11 is 3.98. The molecule has 0 amide bonds. The molecule has 0 aromatic rings. The van der Waals surface area contributed by atoms with Crippen LogP contribution in [0.3, 0.4) is 0 Å². The van der Waals surface area contributed by atoms with Crippen LogP contribution in [0, 0.1) is 0 Å². The van der Waals surface area contributed by atoms with Crippen LogP contribution in [0.5, 0.6) is 0 Å². The van der Waals surface area contributed by atoms with Crippen molar-refractivity contribution in [1.82, 2.24) is 0 Å². The van der Waals surface area contributed by atoms with E-state index in [1.165, 1.54) is 0 Å². The maximum atomic E-state index is 10.2. The number of rotatable bonds is 2. The zero-order chi connectivity index (χ0) is 5.86. The van der Waals surface area contributed by atoms with Gasteiger partial charge in [0, 0.05) is 0 Å². The van der Waals surface area contributed by atoms with Gasteiger partial charge in [0.05, 0.1) is 0 Å². The average molecular weight is 278 g/mol. The molecule has 0 fully saturated rings. The minimum atomic E-state index is -0.277. The summed E-state index contributed by atoms with van der Waals surface area (Å²) in [6.45, 7) is 0. The first-order chi connectivity index (χ1) is 3.18. The van der Waals surface area contributed by atoms with Crippen molar-refractivity contribution in [3.05, 3.63) is 0 Å². The van der Waals surface area contributed by atoms with Gasteiger partial charge >= 0.3 is 64.3 Å². The molecule has 0 unspecified atom stereocenters. The summed E-state index contributed by atoms with van der Waals surface area (Å²) in [5, 5.41) is 0.675. The van der Waals surface area contributed by atoms with Gasteiger partial charge in [-0.25, -0.2) is 0 Å². The SMILES string of the molecule is N[C@@H](C[SeH])C(=O)I. The van der Waals surface area contributed by atoms with Crippen LogP contribution in [0.2, 0.25) is 5.32 Å². The molecule has 0 aliphatic rings. The van der Waals surface area contributed by atoms with Gasteiger partial charge in [-0.1, -0.05) is 0 Å². The minimum absolute atomic E-state index is 0.0261. The van der Waals surface area contributed by atoms with Crippen LogP contribution in [0.15, 0.2) is 0 Å². The van der Waals surface area contributed by atoms with Crippen LogP contribution in [-0.2, 0) is 4.79 Å². The van der Waals surface area contributed by atoms with Crippen molar-refractivity contribution in [2.45, 2.75) is 11.4 Å². The van der Waals surface area contributed by atoms with Crippen molar-refractivity contribution >= 4 is 42.4 Å². The van der Waals surface area contributed by atoms with Gasteiger partial charge in [0.1, 0.15) is 0 Å². The van der Waals surface area contributed by atoms with Crippen molar-refractivity contribution in [3.8, 4) is 0 Å². The van der Waals surface area contributed by atoms with E-state index in [1.54, 1.807) is 22.6 Å². The molecule has 7 heavy (non-hydrogen) atoms. The maximum absolute atomic E-state index is 10.2. The topological polar surface area (TPSA) is 43.1 Å². The monoisotopic (exact) mass is 279 g/mol. The number of hydrogen-bond donors (Lipinski definition) is 1.